The van der Waals surface area contributed by atoms with Gasteiger partial charge in [0.1, 0.15) is 0 Å². The summed E-state index contributed by atoms with van der Waals surface area (Å²) in [5, 5.41) is 9.81. The van der Waals surface area contributed by atoms with Gasteiger partial charge >= 0.3 is 0 Å². The van der Waals surface area contributed by atoms with Crippen LogP contribution in [0.5, 0.6) is 0 Å². The minimum absolute atomic E-state index is 0.241. The maximum atomic E-state index is 12.4. The third-order valence-electron chi connectivity index (χ3n) is 3.55. The molecule has 3 aromatic rings. The Bertz CT molecular complexity index is 922. The van der Waals surface area contributed by atoms with E-state index in [1.807, 2.05) is 30.3 Å². The Morgan fingerprint density at radius 1 is 1.04 bits per heavy atom. The van der Waals surface area contributed by atoms with Crippen LogP contribution in [-0.2, 0) is 0 Å². The van der Waals surface area contributed by atoms with Crippen LogP contribution in [0.25, 0.3) is 5.69 Å². The largest absolute Gasteiger partial charge is 0.355 e. The van der Waals surface area contributed by atoms with Gasteiger partial charge in [0.2, 0.25) is 0 Å². The Balaban J connectivity index is 1.81. The molecule has 2 N–H and O–H groups in total. The first-order valence-electron chi connectivity index (χ1n) is 7.52. The van der Waals surface area contributed by atoms with Gasteiger partial charge < -0.3 is 10.6 Å². The SMILES string of the molecule is CNC(=O)c1ccc(Cl)c(NC(=O)c2ccn(-c3ccccc3)n2)c1. The molecule has 0 bridgehead atoms. The van der Waals surface area contributed by atoms with Crippen molar-refractivity contribution in [1.29, 1.82) is 0 Å². The van der Waals surface area contributed by atoms with E-state index in [-0.39, 0.29) is 11.6 Å². The van der Waals surface area contributed by atoms with Crippen molar-refractivity contribution in [2.45, 2.75) is 0 Å². The molecule has 126 valence electrons. The highest BCUT2D eigenvalue weighted by Crippen LogP contribution is 2.23. The van der Waals surface area contributed by atoms with Gasteiger partial charge in [-0.2, -0.15) is 5.10 Å². The van der Waals surface area contributed by atoms with Gasteiger partial charge in [-0.1, -0.05) is 29.8 Å². The lowest BCUT2D eigenvalue weighted by atomic mass is 10.2. The quantitative estimate of drug-likeness (QED) is 0.755. The van der Waals surface area contributed by atoms with E-state index in [1.165, 1.54) is 13.1 Å². The third kappa shape index (κ3) is 3.70. The number of hydrogen-bond acceptors (Lipinski definition) is 3. The van der Waals surface area contributed by atoms with E-state index in [2.05, 4.69) is 15.7 Å². The number of hydrogen-bond donors (Lipinski definition) is 2. The number of amides is 2. The minimum Gasteiger partial charge on any atom is -0.355 e. The van der Waals surface area contributed by atoms with Crippen molar-refractivity contribution in [1.82, 2.24) is 15.1 Å². The molecular weight excluding hydrogens is 340 g/mol. The average Bonchev–Trinajstić information content (AvgIpc) is 3.14. The van der Waals surface area contributed by atoms with Crippen LogP contribution >= 0.6 is 11.6 Å². The number of carbonyl (C=O) groups excluding carboxylic acids is 2. The summed E-state index contributed by atoms with van der Waals surface area (Å²) in [6, 6.07) is 15.7. The normalized spacial score (nSPS) is 10.3. The van der Waals surface area contributed by atoms with Crippen LogP contribution in [0.3, 0.4) is 0 Å². The molecule has 0 spiro atoms. The molecule has 6 nitrogen and oxygen atoms in total. The lowest BCUT2D eigenvalue weighted by Gasteiger charge is -2.08. The van der Waals surface area contributed by atoms with E-state index >= 15 is 0 Å². The number of carbonyl (C=O) groups is 2. The highest BCUT2D eigenvalue weighted by molar-refractivity contribution is 6.34. The molecule has 0 unspecified atom stereocenters. The summed E-state index contributed by atoms with van der Waals surface area (Å²) in [6.45, 7) is 0. The number of benzene rings is 2. The zero-order valence-corrected chi connectivity index (χ0v) is 14.1. The highest BCUT2D eigenvalue weighted by Gasteiger charge is 2.14. The smallest absolute Gasteiger partial charge is 0.276 e. The van der Waals surface area contributed by atoms with Crippen molar-refractivity contribution < 1.29 is 9.59 Å². The molecule has 7 heteroatoms. The number of nitrogens with one attached hydrogen (secondary N) is 2. The van der Waals surface area contributed by atoms with Crippen LogP contribution in [0.2, 0.25) is 5.02 Å². The first-order chi connectivity index (χ1) is 12.1. The minimum atomic E-state index is -0.411. The molecule has 0 aliphatic rings. The molecule has 2 aromatic carbocycles. The fourth-order valence-corrected chi connectivity index (χ4v) is 2.43. The molecule has 0 radical (unpaired) electrons. The highest BCUT2D eigenvalue weighted by atomic mass is 35.5. The van der Waals surface area contributed by atoms with Gasteiger partial charge in [0.25, 0.3) is 11.8 Å². The van der Waals surface area contributed by atoms with Crippen molar-refractivity contribution in [3.63, 3.8) is 0 Å². The predicted octanol–water partition coefficient (Wildman–Crippen LogP) is 3.14. The molecular formula is C18H15ClN4O2. The Kier molecular flexibility index (Phi) is 4.81. The van der Waals surface area contributed by atoms with Crippen LogP contribution in [0, 0.1) is 0 Å². The fourth-order valence-electron chi connectivity index (χ4n) is 2.26. The van der Waals surface area contributed by atoms with Crippen molar-refractivity contribution in [3.05, 3.63) is 77.1 Å². The summed E-state index contributed by atoms with van der Waals surface area (Å²) in [5.74, 6) is -0.675. The van der Waals surface area contributed by atoms with Crippen molar-refractivity contribution in [2.24, 2.45) is 0 Å². The van der Waals surface area contributed by atoms with E-state index in [1.54, 1.807) is 29.1 Å². The van der Waals surface area contributed by atoms with Crippen LogP contribution in [0.1, 0.15) is 20.8 Å². The molecule has 2 amide bonds. The standard InChI is InChI=1S/C18H15ClN4O2/c1-20-17(24)12-7-8-14(19)16(11-12)21-18(25)15-9-10-23(22-15)13-5-3-2-4-6-13/h2-11H,1H3,(H,20,24)(H,21,25). The van der Waals surface area contributed by atoms with Gasteiger partial charge in [-0.05, 0) is 36.4 Å². The van der Waals surface area contributed by atoms with Crippen LogP contribution in [0.15, 0.2) is 60.8 Å². The van der Waals surface area contributed by atoms with Crippen molar-refractivity contribution in [3.8, 4) is 5.69 Å². The second kappa shape index (κ2) is 7.19. The molecule has 0 fully saturated rings. The van der Waals surface area contributed by atoms with Gasteiger partial charge in [0.05, 0.1) is 16.4 Å². The Hall–Kier alpha value is -3.12. The monoisotopic (exact) mass is 354 g/mol. The van der Waals surface area contributed by atoms with Gasteiger partial charge in [0.15, 0.2) is 5.69 Å². The Morgan fingerprint density at radius 2 is 1.80 bits per heavy atom. The molecule has 0 aliphatic carbocycles. The van der Waals surface area contributed by atoms with Gasteiger partial charge in [0, 0.05) is 18.8 Å². The average molecular weight is 355 g/mol. The number of aromatic nitrogens is 2. The first kappa shape index (κ1) is 16.7. The summed E-state index contributed by atoms with van der Waals surface area (Å²) in [4.78, 5) is 24.1. The second-order valence-corrected chi connectivity index (χ2v) is 5.62. The van der Waals surface area contributed by atoms with Gasteiger partial charge in [-0.15, -0.1) is 0 Å². The van der Waals surface area contributed by atoms with E-state index in [9.17, 15) is 9.59 Å². The van der Waals surface area contributed by atoms with Gasteiger partial charge in [-0.25, -0.2) is 4.68 Å². The van der Waals surface area contributed by atoms with E-state index in [0.717, 1.165) is 5.69 Å². The number of halogens is 1. The fraction of sp³-hybridized carbons (Fsp3) is 0.0556. The molecule has 1 aromatic heterocycles. The summed E-state index contributed by atoms with van der Waals surface area (Å²) in [6.07, 6.45) is 1.70. The maximum Gasteiger partial charge on any atom is 0.276 e. The van der Waals surface area contributed by atoms with Crippen molar-refractivity contribution in [2.75, 3.05) is 12.4 Å². The maximum absolute atomic E-state index is 12.4. The molecule has 1 heterocycles. The predicted molar refractivity (Wildman–Crippen MR) is 96.4 cm³/mol. The molecule has 3 rings (SSSR count). The van der Waals surface area contributed by atoms with Gasteiger partial charge in [-0.3, -0.25) is 9.59 Å². The summed E-state index contributed by atoms with van der Waals surface area (Å²) in [7, 11) is 1.53. The van der Waals surface area contributed by atoms with E-state index < -0.39 is 5.91 Å². The van der Waals surface area contributed by atoms with Crippen LogP contribution in [0.4, 0.5) is 5.69 Å². The summed E-state index contributed by atoms with van der Waals surface area (Å²) in [5.41, 5.74) is 1.84. The molecule has 25 heavy (non-hydrogen) atoms. The zero-order valence-electron chi connectivity index (χ0n) is 13.4. The molecule has 0 aliphatic heterocycles. The zero-order chi connectivity index (χ0) is 17.8. The van der Waals surface area contributed by atoms with Crippen LogP contribution in [-0.4, -0.2) is 28.6 Å². The molecule has 0 atom stereocenters. The number of anilines is 1. The van der Waals surface area contributed by atoms with Crippen LogP contribution < -0.4 is 10.6 Å². The second-order valence-electron chi connectivity index (χ2n) is 5.21. The molecule has 0 saturated heterocycles. The number of nitrogens with zero attached hydrogens (tertiary/aromatic N) is 2. The lowest BCUT2D eigenvalue weighted by molar-refractivity contribution is 0.0961. The molecule has 0 saturated carbocycles. The summed E-state index contributed by atoms with van der Waals surface area (Å²) >= 11 is 6.10. The van der Waals surface area contributed by atoms with Crippen molar-refractivity contribution >= 4 is 29.1 Å². The summed E-state index contributed by atoms with van der Waals surface area (Å²) < 4.78 is 1.61. The topological polar surface area (TPSA) is 76.0 Å². The van der Waals surface area contributed by atoms with E-state index in [4.69, 9.17) is 11.6 Å². The lowest BCUT2D eigenvalue weighted by Crippen LogP contribution is -2.19. The Labute approximate surface area is 149 Å². The number of para-hydroxylation sites is 1. The number of rotatable bonds is 4. The third-order valence-corrected chi connectivity index (χ3v) is 3.88. The first-order valence-corrected chi connectivity index (χ1v) is 7.90. The van der Waals surface area contributed by atoms with E-state index in [0.29, 0.717) is 16.3 Å². The Morgan fingerprint density at radius 3 is 2.52 bits per heavy atom.